The molecular weight excluding hydrogens is 722 g/mol. The van der Waals surface area contributed by atoms with Gasteiger partial charge in [0.05, 0.1) is 11.4 Å². The van der Waals surface area contributed by atoms with Gasteiger partial charge in [-0.15, -0.1) is 0 Å². The Bertz CT molecular complexity index is 1430. The predicted octanol–water partition coefficient (Wildman–Crippen LogP) is 9.75. The van der Waals surface area contributed by atoms with E-state index in [-0.39, 0.29) is 11.9 Å². The maximum absolute atomic E-state index is 8.07. The SMILES string of the molecule is CC(C)c1cccc(NC(=N)Nc2ccccc2I)c1.CC(C)c1ccccc1NC(=N)Nc1ccccc1I. The van der Waals surface area contributed by atoms with Crippen molar-refractivity contribution in [3.8, 4) is 0 Å². The van der Waals surface area contributed by atoms with Crippen LogP contribution in [0.1, 0.15) is 50.7 Å². The summed E-state index contributed by atoms with van der Waals surface area (Å²) in [6.07, 6.45) is 0. The van der Waals surface area contributed by atoms with Gasteiger partial charge in [0.15, 0.2) is 11.9 Å². The van der Waals surface area contributed by atoms with Gasteiger partial charge in [-0.2, -0.15) is 0 Å². The number of benzene rings is 4. The molecule has 4 aromatic carbocycles. The van der Waals surface area contributed by atoms with Crippen molar-refractivity contribution in [1.82, 2.24) is 0 Å². The van der Waals surface area contributed by atoms with Gasteiger partial charge in [0.25, 0.3) is 0 Å². The molecule has 0 aliphatic carbocycles. The summed E-state index contributed by atoms with van der Waals surface area (Å²) in [5, 5.41) is 28.5. The van der Waals surface area contributed by atoms with Gasteiger partial charge in [-0.1, -0.05) is 82.3 Å². The fourth-order valence-corrected chi connectivity index (χ4v) is 4.87. The van der Waals surface area contributed by atoms with Crippen LogP contribution >= 0.6 is 45.2 Å². The van der Waals surface area contributed by atoms with Crippen LogP contribution in [0.3, 0.4) is 0 Å². The molecule has 4 rings (SSSR count). The molecule has 0 heterocycles. The number of halogens is 2. The number of para-hydroxylation sites is 3. The van der Waals surface area contributed by atoms with E-state index in [0.717, 1.165) is 29.9 Å². The molecule has 0 atom stereocenters. The van der Waals surface area contributed by atoms with Crippen molar-refractivity contribution in [2.45, 2.75) is 39.5 Å². The minimum atomic E-state index is 0.273. The van der Waals surface area contributed by atoms with Crippen molar-refractivity contribution in [1.29, 1.82) is 10.8 Å². The standard InChI is InChI=1S/2C16H18IN3/c1-11(2)12-7-3-5-9-14(12)19-16(18)20-15-10-6-4-8-13(15)17;1-11(2)12-6-5-7-13(10-12)19-16(18)20-15-9-4-3-8-14(15)17/h2*3-11H,1-2H3,(H3,18,19,20). The lowest BCUT2D eigenvalue weighted by molar-refractivity contribution is 0.867. The molecule has 0 fully saturated rings. The quantitative estimate of drug-likeness (QED) is 0.0671. The van der Waals surface area contributed by atoms with Gasteiger partial charge >= 0.3 is 0 Å². The Morgan fingerprint density at radius 2 is 1.02 bits per heavy atom. The van der Waals surface area contributed by atoms with Crippen LogP contribution in [-0.4, -0.2) is 11.9 Å². The van der Waals surface area contributed by atoms with Crippen molar-refractivity contribution >= 4 is 79.9 Å². The Morgan fingerprint density at radius 1 is 0.550 bits per heavy atom. The molecule has 208 valence electrons. The smallest absolute Gasteiger partial charge is 0.197 e. The third-order valence-corrected chi connectivity index (χ3v) is 7.81. The lowest BCUT2D eigenvalue weighted by Gasteiger charge is -2.16. The van der Waals surface area contributed by atoms with E-state index in [9.17, 15) is 0 Å². The normalized spacial score (nSPS) is 10.4. The number of hydrogen-bond donors (Lipinski definition) is 6. The first kappa shape index (κ1) is 31.4. The van der Waals surface area contributed by atoms with E-state index in [1.165, 1.54) is 11.1 Å². The largest absolute Gasteiger partial charge is 0.326 e. The molecule has 40 heavy (non-hydrogen) atoms. The van der Waals surface area contributed by atoms with Crippen molar-refractivity contribution in [2.24, 2.45) is 0 Å². The van der Waals surface area contributed by atoms with Crippen LogP contribution in [0, 0.1) is 18.0 Å². The summed E-state index contributed by atoms with van der Waals surface area (Å²) in [4.78, 5) is 0. The first-order valence-electron chi connectivity index (χ1n) is 13.1. The van der Waals surface area contributed by atoms with Crippen LogP contribution in [0.15, 0.2) is 97.1 Å². The average molecular weight is 758 g/mol. The second-order valence-electron chi connectivity index (χ2n) is 9.73. The number of rotatable bonds is 6. The zero-order chi connectivity index (χ0) is 29.1. The van der Waals surface area contributed by atoms with E-state index in [2.05, 4.69) is 112 Å². The third-order valence-electron chi connectivity index (χ3n) is 5.93. The van der Waals surface area contributed by atoms with Crippen LogP contribution in [0.25, 0.3) is 0 Å². The summed E-state index contributed by atoms with van der Waals surface area (Å²) in [5.74, 6) is 1.45. The van der Waals surface area contributed by atoms with E-state index in [1.54, 1.807) is 0 Å². The van der Waals surface area contributed by atoms with Crippen LogP contribution in [0.4, 0.5) is 22.7 Å². The first-order valence-corrected chi connectivity index (χ1v) is 15.2. The maximum Gasteiger partial charge on any atom is 0.197 e. The lowest BCUT2D eigenvalue weighted by atomic mass is 10.0. The van der Waals surface area contributed by atoms with Gasteiger partial charge in [-0.3, -0.25) is 10.8 Å². The van der Waals surface area contributed by atoms with Crippen LogP contribution < -0.4 is 21.3 Å². The van der Waals surface area contributed by atoms with Crippen molar-refractivity contribution < 1.29 is 0 Å². The fraction of sp³-hybridized carbons (Fsp3) is 0.188. The Hall–Kier alpha value is -3.12. The third kappa shape index (κ3) is 9.81. The topological polar surface area (TPSA) is 95.8 Å². The molecule has 0 saturated carbocycles. The Balaban J connectivity index is 0.000000220. The van der Waals surface area contributed by atoms with Crippen molar-refractivity contribution in [2.75, 3.05) is 21.3 Å². The molecule has 0 aliphatic heterocycles. The fourth-order valence-electron chi connectivity index (χ4n) is 3.83. The van der Waals surface area contributed by atoms with Gasteiger partial charge in [0.1, 0.15) is 0 Å². The minimum Gasteiger partial charge on any atom is -0.326 e. The predicted molar refractivity (Wildman–Crippen MR) is 189 cm³/mol. The molecule has 0 radical (unpaired) electrons. The van der Waals surface area contributed by atoms with Crippen LogP contribution in [0.5, 0.6) is 0 Å². The summed E-state index contributed by atoms with van der Waals surface area (Å²) in [5.41, 5.74) is 6.25. The van der Waals surface area contributed by atoms with E-state index < -0.39 is 0 Å². The van der Waals surface area contributed by atoms with Gasteiger partial charge < -0.3 is 21.3 Å². The molecule has 4 aromatic rings. The highest BCUT2D eigenvalue weighted by atomic mass is 127. The number of nitrogens with one attached hydrogen (secondary N) is 6. The Morgan fingerprint density at radius 3 is 1.55 bits per heavy atom. The summed E-state index contributed by atoms with van der Waals surface area (Å²) in [7, 11) is 0. The van der Waals surface area contributed by atoms with E-state index in [1.807, 2.05) is 78.9 Å². The molecule has 6 nitrogen and oxygen atoms in total. The molecule has 0 amide bonds. The molecule has 0 spiro atoms. The van der Waals surface area contributed by atoms with Crippen molar-refractivity contribution in [3.63, 3.8) is 0 Å². The summed E-state index contributed by atoms with van der Waals surface area (Å²) in [6.45, 7) is 8.62. The number of anilines is 4. The zero-order valence-corrected chi connectivity index (χ0v) is 27.5. The van der Waals surface area contributed by atoms with Gasteiger partial charge in [0.2, 0.25) is 0 Å². The monoisotopic (exact) mass is 758 g/mol. The Labute approximate surface area is 265 Å². The zero-order valence-electron chi connectivity index (χ0n) is 23.1. The molecule has 0 unspecified atom stereocenters. The average Bonchev–Trinajstić information content (AvgIpc) is 2.92. The van der Waals surface area contributed by atoms with E-state index in [0.29, 0.717) is 11.8 Å². The molecule has 0 saturated heterocycles. The highest BCUT2D eigenvalue weighted by Gasteiger charge is 2.08. The second kappa shape index (κ2) is 15.6. The molecule has 0 aliphatic rings. The first-order chi connectivity index (χ1) is 19.1. The van der Waals surface area contributed by atoms with Crippen LogP contribution in [-0.2, 0) is 0 Å². The molecule has 0 bridgehead atoms. The van der Waals surface area contributed by atoms with E-state index >= 15 is 0 Å². The molecule has 6 N–H and O–H groups in total. The summed E-state index contributed by atoms with van der Waals surface area (Å²) in [6, 6.07) is 32.1. The highest BCUT2D eigenvalue weighted by Crippen LogP contribution is 2.24. The molecule has 8 heteroatoms. The number of guanidine groups is 2. The minimum absolute atomic E-state index is 0.273. The number of hydrogen-bond acceptors (Lipinski definition) is 2. The highest BCUT2D eigenvalue weighted by molar-refractivity contribution is 14.1. The second-order valence-corrected chi connectivity index (χ2v) is 12.1. The van der Waals surface area contributed by atoms with Gasteiger partial charge in [-0.05, 0) is 111 Å². The lowest BCUT2D eigenvalue weighted by Crippen LogP contribution is -2.21. The van der Waals surface area contributed by atoms with Crippen molar-refractivity contribution in [3.05, 3.63) is 115 Å². The Kier molecular flexibility index (Phi) is 12.3. The summed E-state index contributed by atoms with van der Waals surface area (Å²) < 4.78 is 2.18. The molecular formula is C32H36I2N6. The van der Waals surface area contributed by atoms with Gasteiger partial charge in [-0.25, -0.2) is 0 Å². The van der Waals surface area contributed by atoms with Gasteiger partial charge in [0, 0.05) is 18.5 Å². The molecule has 0 aromatic heterocycles. The van der Waals surface area contributed by atoms with E-state index in [4.69, 9.17) is 10.8 Å². The van der Waals surface area contributed by atoms with Crippen LogP contribution in [0.2, 0.25) is 0 Å². The maximum atomic E-state index is 8.07. The summed E-state index contributed by atoms with van der Waals surface area (Å²) >= 11 is 4.51.